The summed E-state index contributed by atoms with van der Waals surface area (Å²) in [5, 5.41) is 14.0. The molecule has 0 radical (unpaired) electrons. The summed E-state index contributed by atoms with van der Waals surface area (Å²) in [5.74, 6) is -2.62. The van der Waals surface area contributed by atoms with Crippen LogP contribution in [0.2, 0.25) is 0 Å². The van der Waals surface area contributed by atoms with Crippen molar-refractivity contribution in [2.24, 2.45) is 16.5 Å². The number of carboxylic acids is 1. The fraction of sp³-hybridized carbons (Fsp3) is 0.250. The van der Waals surface area contributed by atoms with Gasteiger partial charge in [0.15, 0.2) is 5.96 Å². The Morgan fingerprint density at radius 2 is 1.81 bits per heavy atom. The Morgan fingerprint density at radius 1 is 1.09 bits per heavy atom. The van der Waals surface area contributed by atoms with Crippen molar-refractivity contribution >= 4 is 41.2 Å². The second kappa shape index (κ2) is 12.1. The molecule has 1 aromatic heterocycles. The van der Waals surface area contributed by atoms with Crippen LogP contribution in [0.1, 0.15) is 26.5 Å². The van der Waals surface area contributed by atoms with Crippen molar-refractivity contribution in [3.63, 3.8) is 0 Å². The van der Waals surface area contributed by atoms with Crippen LogP contribution in [-0.4, -0.2) is 47.5 Å². The molecule has 0 fully saturated rings. The normalized spacial score (nSPS) is 11.1. The monoisotopic (exact) mass is 461 g/mol. The lowest BCUT2D eigenvalue weighted by Gasteiger charge is -2.15. The van der Waals surface area contributed by atoms with E-state index in [1.807, 2.05) is 6.07 Å². The quantitative estimate of drug-likeness (QED) is 0.251. The van der Waals surface area contributed by atoms with Gasteiger partial charge in [-0.3, -0.25) is 9.59 Å². The van der Waals surface area contributed by atoms with Crippen molar-refractivity contribution in [3.8, 4) is 0 Å². The minimum atomic E-state index is -1.38. The number of hydrogen-bond donors (Lipinski definition) is 5. The summed E-state index contributed by atoms with van der Waals surface area (Å²) < 4.78 is 5.00. The number of carboxylic acid groups (broad SMARTS) is 1. The second-order valence-electron chi connectivity index (χ2n) is 6.50. The molecule has 170 valence electrons. The van der Waals surface area contributed by atoms with Crippen molar-refractivity contribution in [3.05, 3.63) is 57.8 Å². The predicted molar refractivity (Wildman–Crippen MR) is 117 cm³/mol. The van der Waals surface area contributed by atoms with Crippen molar-refractivity contribution in [1.82, 2.24) is 10.6 Å². The topological polar surface area (TPSA) is 186 Å². The van der Waals surface area contributed by atoms with E-state index < -0.39 is 29.9 Å². The maximum atomic E-state index is 12.3. The van der Waals surface area contributed by atoms with Crippen LogP contribution in [0.4, 0.5) is 4.79 Å². The van der Waals surface area contributed by atoms with Crippen LogP contribution in [0.3, 0.4) is 0 Å². The van der Waals surface area contributed by atoms with Gasteiger partial charge in [-0.15, -0.1) is 11.3 Å². The molecule has 0 aliphatic rings. The highest BCUT2D eigenvalue weighted by atomic mass is 32.1. The highest BCUT2D eigenvalue weighted by molar-refractivity contribution is 7.14. The number of carbonyl (C=O) groups excluding carboxylic acids is 3. The van der Waals surface area contributed by atoms with Gasteiger partial charge < -0.3 is 31.9 Å². The SMILES string of the molecule is NC(N)=NC(=O)CCc1ccc(C(=O)NCC(NC(=O)OCc2ccccc2)C(=O)O)s1. The summed E-state index contributed by atoms with van der Waals surface area (Å²) in [6, 6.07) is 10.7. The number of aryl methyl sites for hydroxylation is 1. The number of carbonyl (C=O) groups is 4. The van der Waals surface area contributed by atoms with Gasteiger partial charge in [0.2, 0.25) is 5.91 Å². The fourth-order valence-corrected chi connectivity index (χ4v) is 3.38. The summed E-state index contributed by atoms with van der Waals surface area (Å²) in [5.41, 5.74) is 11.0. The van der Waals surface area contributed by atoms with E-state index >= 15 is 0 Å². The molecule has 0 spiro atoms. The molecular formula is C20H23N5O6S. The number of benzene rings is 1. The van der Waals surface area contributed by atoms with E-state index in [4.69, 9.17) is 16.2 Å². The van der Waals surface area contributed by atoms with E-state index in [-0.39, 0.29) is 25.5 Å². The second-order valence-corrected chi connectivity index (χ2v) is 7.67. The Kier molecular flexibility index (Phi) is 9.17. The first-order chi connectivity index (χ1) is 15.2. The number of aliphatic carboxylic acids is 1. The largest absolute Gasteiger partial charge is 0.480 e. The summed E-state index contributed by atoms with van der Waals surface area (Å²) in [6.07, 6.45) is -0.491. The lowest BCUT2D eigenvalue weighted by molar-refractivity contribution is -0.139. The van der Waals surface area contributed by atoms with Crippen molar-refractivity contribution < 1.29 is 29.0 Å². The van der Waals surface area contributed by atoms with Crippen LogP contribution in [0.15, 0.2) is 47.5 Å². The Hall–Kier alpha value is -3.93. The molecule has 1 atom stereocenters. The van der Waals surface area contributed by atoms with Crippen molar-refractivity contribution in [2.45, 2.75) is 25.5 Å². The molecule has 1 heterocycles. The van der Waals surface area contributed by atoms with Gasteiger partial charge in [0.05, 0.1) is 4.88 Å². The molecule has 0 bridgehead atoms. The summed E-state index contributed by atoms with van der Waals surface area (Å²) in [7, 11) is 0. The van der Waals surface area contributed by atoms with E-state index in [9.17, 15) is 24.3 Å². The summed E-state index contributed by atoms with van der Waals surface area (Å²) >= 11 is 1.15. The van der Waals surface area contributed by atoms with Crippen molar-refractivity contribution in [2.75, 3.05) is 6.54 Å². The third kappa shape index (κ3) is 8.44. The molecule has 7 N–H and O–H groups in total. The van der Waals surface area contributed by atoms with Crippen LogP contribution < -0.4 is 22.1 Å². The highest BCUT2D eigenvalue weighted by Crippen LogP contribution is 2.18. The molecule has 2 aromatic rings. The number of aliphatic imine (C=N–C) groups is 1. The minimum Gasteiger partial charge on any atom is -0.480 e. The average Bonchev–Trinajstić information content (AvgIpc) is 3.23. The number of alkyl carbamates (subject to hydrolysis) is 1. The van der Waals surface area contributed by atoms with Gasteiger partial charge >= 0.3 is 12.1 Å². The molecular weight excluding hydrogens is 438 g/mol. The van der Waals surface area contributed by atoms with Crippen molar-refractivity contribution in [1.29, 1.82) is 0 Å². The van der Waals surface area contributed by atoms with Crippen LogP contribution in [0.25, 0.3) is 0 Å². The Bertz CT molecular complexity index is 987. The number of ether oxygens (including phenoxy) is 1. The maximum Gasteiger partial charge on any atom is 0.408 e. The lowest BCUT2D eigenvalue weighted by Crippen LogP contribution is -2.48. The van der Waals surface area contributed by atoms with E-state index in [0.29, 0.717) is 11.3 Å². The molecule has 0 saturated heterocycles. The zero-order chi connectivity index (χ0) is 23.5. The number of thiophene rings is 1. The lowest BCUT2D eigenvalue weighted by atomic mass is 10.2. The average molecular weight is 462 g/mol. The first-order valence-corrected chi connectivity index (χ1v) is 10.3. The number of hydrogen-bond acceptors (Lipinski definition) is 6. The van der Waals surface area contributed by atoms with E-state index in [1.54, 1.807) is 36.4 Å². The molecule has 3 amide bonds. The third-order valence-electron chi connectivity index (χ3n) is 3.99. The van der Waals surface area contributed by atoms with Crippen LogP contribution in [-0.2, 0) is 27.4 Å². The van der Waals surface area contributed by atoms with Gasteiger partial charge in [-0.05, 0) is 24.1 Å². The van der Waals surface area contributed by atoms with Gasteiger partial charge in [-0.25, -0.2) is 9.59 Å². The standard InChI is InChI=1S/C20H23N5O6S/c21-19(22)25-16(26)9-7-13-6-8-15(32-13)17(27)23-10-14(18(28)29)24-20(30)31-11-12-4-2-1-3-5-12/h1-6,8,14H,7,9-11H2,(H,23,27)(H,24,30)(H,28,29)(H4,21,22,25,26). The first kappa shape index (κ1) is 24.3. The third-order valence-corrected chi connectivity index (χ3v) is 5.14. The molecule has 1 aromatic carbocycles. The molecule has 12 heteroatoms. The van der Waals surface area contributed by atoms with E-state index in [2.05, 4.69) is 15.6 Å². The predicted octanol–water partition coefficient (Wildman–Crippen LogP) is 0.590. The highest BCUT2D eigenvalue weighted by Gasteiger charge is 2.22. The zero-order valence-electron chi connectivity index (χ0n) is 16.9. The number of nitrogens with zero attached hydrogens (tertiary/aromatic N) is 1. The maximum absolute atomic E-state index is 12.3. The Labute approximate surface area is 187 Å². The smallest absolute Gasteiger partial charge is 0.408 e. The molecule has 1 unspecified atom stereocenters. The first-order valence-electron chi connectivity index (χ1n) is 9.44. The number of nitrogens with one attached hydrogen (secondary N) is 2. The number of rotatable bonds is 10. The molecule has 0 aliphatic carbocycles. The molecule has 11 nitrogen and oxygen atoms in total. The van der Waals surface area contributed by atoms with Gasteiger partial charge in [-0.1, -0.05) is 30.3 Å². The number of guanidine groups is 1. The summed E-state index contributed by atoms with van der Waals surface area (Å²) in [6.45, 7) is -0.361. The Morgan fingerprint density at radius 3 is 2.47 bits per heavy atom. The summed E-state index contributed by atoms with van der Waals surface area (Å²) in [4.78, 5) is 51.6. The van der Waals surface area contributed by atoms with E-state index in [1.165, 1.54) is 0 Å². The minimum absolute atomic E-state index is 0.0188. The van der Waals surface area contributed by atoms with Crippen LogP contribution in [0.5, 0.6) is 0 Å². The van der Waals surface area contributed by atoms with Crippen LogP contribution in [0, 0.1) is 0 Å². The van der Waals surface area contributed by atoms with Gasteiger partial charge in [0, 0.05) is 17.8 Å². The molecule has 0 aliphatic heterocycles. The fourth-order valence-electron chi connectivity index (χ4n) is 2.45. The van der Waals surface area contributed by atoms with E-state index in [0.717, 1.165) is 21.8 Å². The molecule has 2 rings (SSSR count). The number of amides is 3. The van der Waals surface area contributed by atoms with Crippen LogP contribution >= 0.6 is 11.3 Å². The van der Waals surface area contributed by atoms with Gasteiger partial charge in [-0.2, -0.15) is 4.99 Å². The van der Waals surface area contributed by atoms with Gasteiger partial charge in [0.25, 0.3) is 5.91 Å². The zero-order valence-corrected chi connectivity index (χ0v) is 17.8. The van der Waals surface area contributed by atoms with Gasteiger partial charge in [0.1, 0.15) is 12.6 Å². The Balaban J connectivity index is 1.81. The molecule has 32 heavy (non-hydrogen) atoms. The molecule has 0 saturated carbocycles. The number of nitrogens with two attached hydrogens (primary N) is 2.